The molecule has 0 aromatic heterocycles. The maximum absolute atomic E-state index is 15.4. The van der Waals surface area contributed by atoms with Crippen molar-refractivity contribution in [3.05, 3.63) is 93.0 Å². The minimum atomic E-state index is -1.28. The summed E-state index contributed by atoms with van der Waals surface area (Å²) in [5.74, 6) is -1.90. The smallest absolute Gasteiger partial charge is 0.339 e. The Bertz CT molecular complexity index is 1640. The molecular formula is C35H37Cl2F2N3O4. The van der Waals surface area contributed by atoms with E-state index in [1.807, 2.05) is 0 Å². The van der Waals surface area contributed by atoms with E-state index in [-0.39, 0.29) is 38.4 Å². The quantitative estimate of drug-likeness (QED) is 0.222. The molecule has 0 spiro atoms. The summed E-state index contributed by atoms with van der Waals surface area (Å²) in [7, 11) is 1.37. The summed E-state index contributed by atoms with van der Waals surface area (Å²) < 4.78 is 35.6. The van der Waals surface area contributed by atoms with Crippen LogP contribution in [0.15, 0.2) is 54.6 Å². The van der Waals surface area contributed by atoms with E-state index >= 15 is 8.78 Å². The number of nitrogens with zero attached hydrogens (tertiary/aromatic N) is 2. The fourth-order valence-corrected chi connectivity index (χ4v) is 6.63. The lowest BCUT2D eigenvalue weighted by Gasteiger charge is -2.39. The molecular weight excluding hydrogens is 635 g/mol. The standard InChI is InChI=1S/C26H28Cl2F2N2.C9H9NO4/c1-25(2,3)12-23-26(15-31,19-10-9-17(27)11-22(19)29)20(14-32(23)13-16-7-8-16)18-5-4-6-21(28)24(18)30;1-14-8-4-6(10-5-11)2-3-7(8)9(12)13/h4-6,9-11,16,20,23H,7-8,12-14H2,1-3H3;2-5H,1H3,(H,10,11)(H,12,13)/t20?,23?,26-;/m1./s1. The molecule has 7 nitrogen and oxygen atoms in total. The number of benzene rings is 3. The number of methoxy groups -OCH3 is 1. The van der Waals surface area contributed by atoms with Crippen LogP contribution in [-0.2, 0) is 10.2 Å². The van der Waals surface area contributed by atoms with Gasteiger partial charge in [-0.1, -0.05) is 62.2 Å². The first kappa shape index (κ1) is 35.1. The predicted molar refractivity (Wildman–Crippen MR) is 175 cm³/mol. The van der Waals surface area contributed by atoms with Crippen molar-refractivity contribution >= 4 is 41.3 Å². The molecule has 0 radical (unpaired) electrons. The van der Waals surface area contributed by atoms with Crippen LogP contribution in [0.4, 0.5) is 14.5 Å². The highest BCUT2D eigenvalue weighted by Crippen LogP contribution is 2.54. The number of hydrogen-bond donors (Lipinski definition) is 2. The number of rotatable bonds is 9. The summed E-state index contributed by atoms with van der Waals surface area (Å²) in [6, 6.07) is 15.9. The number of halogens is 4. The number of anilines is 1. The van der Waals surface area contributed by atoms with E-state index in [9.17, 15) is 14.9 Å². The van der Waals surface area contributed by atoms with Crippen LogP contribution in [0.5, 0.6) is 5.75 Å². The van der Waals surface area contributed by atoms with E-state index in [0.717, 1.165) is 19.4 Å². The number of nitriles is 1. The average Bonchev–Trinajstić information content (AvgIpc) is 3.77. The molecule has 11 heteroatoms. The summed E-state index contributed by atoms with van der Waals surface area (Å²) in [6.45, 7) is 7.67. The Morgan fingerprint density at radius 2 is 1.89 bits per heavy atom. The molecule has 2 unspecified atom stereocenters. The van der Waals surface area contributed by atoms with Crippen molar-refractivity contribution in [1.82, 2.24) is 4.90 Å². The van der Waals surface area contributed by atoms with Gasteiger partial charge in [-0.05, 0) is 66.5 Å². The number of carboxylic acid groups (broad SMARTS) is 1. The second-order valence-electron chi connectivity index (χ2n) is 13.0. The van der Waals surface area contributed by atoms with Gasteiger partial charge in [0.25, 0.3) is 0 Å². The Labute approximate surface area is 278 Å². The Hall–Kier alpha value is -3.71. The zero-order valence-electron chi connectivity index (χ0n) is 26.1. The molecule has 0 bridgehead atoms. The molecule has 3 atom stereocenters. The van der Waals surface area contributed by atoms with Crippen molar-refractivity contribution in [2.24, 2.45) is 11.3 Å². The van der Waals surface area contributed by atoms with Crippen molar-refractivity contribution in [3.8, 4) is 11.8 Å². The highest BCUT2D eigenvalue weighted by atomic mass is 35.5. The van der Waals surface area contributed by atoms with Crippen LogP contribution >= 0.6 is 23.2 Å². The molecule has 46 heavy (non-hydrogen) atoms. The number of likely N-dealkylation sites (tertiary alicyclic amines) is 1. The number of nitrogens with one attached hydrogen (secondary N) is 1. The molecule has 1 saturated carbocycles. The minimum Gasteiger partial charge on any atom is -0.496 e. The Morgan fingerprint density at radius 3 is 2.46 bits per heavy atom. The highest BCUT2D eigenvalue weighted by molar-refractivity contribution is 6.31. The number of aromatic carboxylic acids is 1. The highest BCUT2D eigenvalue weighted by Gasteiger charge is 2.59. The van der Waals surface area contributed by atoms with Gasteiger partial charge in [-0.15, -0.1) is 0 Å². The first-order valence-electron chi connectivity index (χ1n) is 14.9. The number of carboxylic acids is 1. The number of hydrogen-bond acceptors (Lipinski definition) is 5. The Morgan fingerprint density at radius 1 is 1.17 bits per heavy atom. The number of ether oxygens (including phenoxy) is 1. The molecule has 1 aliphatic carbocycles. The van der Waals surface area contributed by atoms with Crippen molar-refractivity contribution in [3.63, 3.8) is 0 Å². The van der Waals surface area contributed by atoms with Crippen LogP contribution < -0.4 is 10.1 Å². The second-order valence-corrected chi connectivity index (χ2v) is 13.8. The summed E-state index contributed by atoms with van der Waals surface area (Å²) in [5.41, 5.74) is -0.195. The van der Waals surface area contributed by atoms with Crippen LogP contribution in [0.3, 0.4) is 0 Å². The molecule has 1 heterocycles. The predicted octanol–water partition coefficient (Wildman–Crippen LogP) is 8.31. The van der Waals surface area contributed by atoms with Crippen molar-refractivity contribution < 1.29 is 28.2 Å². The van der Waals surface area contributed by atoms with Gasteiger partial charge in [0, 0.05) is 47.4 Å². The van der Waals surface area contributed by atoms with Gasteiger partial charge in [0.15, 0.2) is 0 Å². The molecule has 1 aliphatic heterocycles. The van der Waals surface area contributed by atoms with Crippen molar-refractivity contribution in [2.45, 2.75) is 57.4 Å². The van der Waals surface area contributed by atoms with E-state index in [0.29, 0.717) is 36.5 Å². The van der Waals surface area contributed by atoms with Gasteiger partial charge in [0.1, 0.15) is 28.4 Å². The molecule has 2 aliphatic rings. The van der Waals surface area contributed by atoms with Gasteiger partial charge in [-0.25, -0.2) is 13.6 Å². The summed E-state index contributed by atoms with van der Waals surface area (Å²) in [5, 5.41) is 22.2. The van der Waals surface area contributed by atoms with E-state index in [1.165, 1.54) is 37.4 Å². The summed E-state index contributed by atoms with van der Waals surface area (Å²) >= 11 is 12.2. The molecule has 1 saturated heterocycles. The lowest BCUT2D eigenvalue weighted by molar-refractivity contribution is -0.105. The molecule has 3 aromatic carbocycles. The Kier molecular flexibility index (Phi) is 11.0. The average molecular weight is 673 g/mol. The van der Waals surface area contributed by atoms with Crippen molar-refractivity contribution in [2.75, 3.05) is 25.5 Å². The van der Waals surface area contributed by atoms with Gasteiger partial charge in [0.05, 0.1) is 18.2 Å². The molecule has 1 amide bonds. The normalized spacial score (nSPS) is 21.1. The van der Waals surface area contributed by atoms with Crippen LogP contribution in [0.1, 0.15) is 67.4 Å². The van der Waals surface area contributed by atoms with Crippen LogP contribution in [-0.4, -0.2) is 48.6 Å². The van der Waals surface area contributed by atoms with Crippen LogP contribution in [0.25, 0.3) is 0 Å². The zero-order chi connectivity index (χ0) is 33.8. The molecule has 3 aromatic rings. The largest absolute Gasteiger partial charge is 0.496 e. The lowest BCUT2D eigenvalue weighted by Crippen LogP contribution is -2.46. The first-order chi connectivity index (χ1) is 21.7. The number of carbonyl (C=O) groups excluding carboxylic acids is 1. The van der Waals surface area contributed by atoms with E-state index in [2.05, 4.69) is 37.1 Å². The van der Waals surface area contributed by atoms with E-state index < -0.39 is 28.9 Å². The third-order valence-corrected chi connectivity index (χ3v) is 9.03. The van der Waals surface area contributed by atoms with Gasteiger partial charge in [-0.2, -0.15) is 5.26 Å². The van der Waals surface area contributed by atoms with Gasteiger partial charge in [-0.3, -0.25) is 9.69 Å². The first-order valence-corrected chi connectivity index (χ1v) is 15.7. The van der Waals surface area contributed by atoms with Crippen LogP contribution in [0.2, 0.25) is 10.0 Å². The van der Waals surface area contributed by atoms with Crippen LogP contribution in [0, 0.1) is 34.3 Å². The fraction of sp³-hybridized carbons (Fsp3) is 0.400. The molecule has 244 valence electrons. The molecule has 2 fully saturated rings. The second kappa shape index (κ2) is 14.4. The maximum Gasteiger partial charge on any atom is 0.339 e. The van der Waals surface area contributed by atoms with Crippen molar-refractivity contribution in [1.29, 1.82) is 5.26 Å². The minimum absolute atomic E-state index is 0.0129. The number of amides is 1. The van der Waals surface area contributed by atoms with Gasteiger partial charge >= 0.3 is 5.97 Å². The topological polar surface area (TPSA) is 103 Å². The van der Waals surface area contributed by atoms with Gasteiger partial charge < -0.3 is 15.2 Å². The van der Waals surface area contributed by atoms with E-state index in [4.69, 9.17) is 33.0 Å². The Balaban J connectivity index is 0.000000288. The third kappa shape index (κ3) is 7.63. The summed E-state index contributed by atoms with van der Waals surface area (Å²) in [6.07, 6.45) is 3.50. The van der Waals surface area contributed by atoms with Gasteiger partial charge in [0.2, 0.25) is 6.41 Å². The monoisotopic (exact) mass is 671 g/mol. The number of carbonyl (C=O) groups is 2. The third-order valence-electron chi connectivity index (χ3n) is 8.50. The molecule has 2 N–H and O–H groups in total. The molecule has 5 rings (SSSR count). The fourth-order valence-electron chi connectivity index (χ4n) is 6.29. The lowest BCUT2D eigenvalue weighted by atomic mass is 9.64. The maximum atomic E-state index is 15.4. The summed E-state index contributed by atoms with van der Waals surface area (Å²) in [4.78, 5) is 23.1. The zero-order valence-corrected chi connectivity index (χ0v) is 27.6. The SMILES string of the molecule is CC(C)(C)CC1N(CC2CC2)CC(c2cccc(Cl)c2F)[C@@]1(C#N)c1ccc(Cl)cc1F.COc1cc(NC=O)ccc1C(=O)O. The van der Waals surface area contributed by atoms with E-state index in [1.54, 1.807) is 24.3 Å².